The number of rotatable bonds is 6. The molecule has 0 bridgehead atoms. The van der Waals surface area contributed by atoms with Crippen LogP contribution in [0.25, 0.3) is 0 Å². The molecule has 19 heavy (non-hydrogen) atoms. The first kappa shape index (κ1) is 13.7. The van der Waals surface area contributed by atoms with Gasteiger partial charge in [0.15, 0.2) is 0 Å². The van der Waals surface area contributed by atoms with E-state index >= 15 is 0 Å². The molecule has 1 heterocycles. The Morgan fingerprint density at radius 2 is 2.00 bits per heavy atom. The van der Waals surface area contributed by atoms with Crippen molar-refractivity contribution in [2.24, 2.45) is 0 Å². The Morgan fingerprint density at radius 1 is 1.26 bits per heavy atom. The third-order valence-corrected chi connectivity index (χ3v) is 3.95. The number of aromatic nitrogens is 3. The number of nitrogens with one attached hydrogen (secondary N) is 2. The van der Waals surface area contributed by atoms with Crippen molar-refractivity contribution in [3.63, 3.8) is 0 Å². The fourth-order valence-corrected chi connectivity index (χ4v) is 2.51. The average molecular weight is 282 g/mol. The fourth-order valence-electron chi connectivity index (χ4n) is 1.53. The van der Waals surface area contributed by atoms with Gasteiger partial charge in [0.05, 0.1) is 11.4 Å². The topological polar surface area (TPSA) is 108 Å². The maximum atomic E-state index is 12.0. The van der Waals surface area contributed by atoms with Crippen molar-refractivity contribution < 1.29 is 13.5 Å². The second-order valence-electron chi connectivity index (χ2n) is 3.87. The lowest BCUT2D eigenvalue weighted by molar-refractivity contribution is 0.299. The van der Waals surface area contributed by atoms with Crippen LogP contribution in [0.2, 0.25) is 0 Å². The summed E-state index contributed by atoms with van der Waals surface area (Å²) in [6, 6.07) is 6.37. The highest BCUT2D eigenvalue weighted by molar-refractivity contribution is 7.89. The number of H-pyrrole nitrogens is 1. The molecule has 0 saturated heterocycles. The number of hydrogen-bond acceptors (Lipinski definition) is 5. The van der Waals surface area contributed by atoms with Crippen molar-refractivity contribution in [2.75, 3.05) is 6.61 Å². The lowest BCUT2D eigenvalue weighted by Crippen LogP contribution is -2.23. The second-order valence-corrected chi connectivity index (χ2v) is 5.64. The maximum absolute atomic E-state index is 12.0. The van der Waals surface area contributed by atoms with E-state index < -0.39 is 10.0 Å². The summed E-state index contributed by atoms with van der Waals surface area (Å²) in [5, 5.41) is 15.0. The molecule has 7 nitrogen and oxygen atoms in total. The highest BCUT2D eigenvalue weighted by Crippen LogP contribution is 2.11. The standard InChI is InChI=1S/C11H14N4O3S/c16-6-5-9-1-3-10(4-2-9)19(17,18)14-7-11-12-8-13-15-11/h1-4,8,14,16H,5-7H2,(H,12,13,15). The monoisotopic (exact) mass is 282 g/mol. The van der Waals surface area contributed by atoms with Crippen LogP contribution in [0.3, 0.4) is 0 Å². The maximum Gasteiger partial charge on any atom is 0.240 e. The van der Waals surface area contributed by atoms with Crippen LogP contribution in [0, 0.1) is 0 Å². The molecule has 1 aromatic carbocycles. The van der Waals surface area contributed by atoms with Gasteiger partial charge in [-0.3, -0.25) is 5.10 Å². The van der Waals surface area contributed by atoms with Crippen molar-refractivity contribution in [2.45, 2.75) is 17.9 Å². The quantitative estimate of drug-likeness (QED) is 0.681. The van der Waals surface area contributed by atoms with Gasteiger partial charge < -0.3 is 5.11 Å². The summed E-state index contributed by atoms with van der Waals surface area (Å²) < 4.78 is 26.4. The van der Waals surface area contributed by atoms with E-state index in [-0.39, 0.29) is 18.0 Å². The van der Waals surface area contributed by atoms with Gasteiger partial charge in [-0.15, -0.1) is 0 Å². The van der Waals surface area contributed by atoms with Crippen LogP contribution in [0.4, 0.5) is 0 Å². The Bertz CT molecular complexity index is 608. The lowest BCUT2D eigenvalue weighted by Gasteiger charge is -2.06. The molecule has 0 spiro atoms. The van der Waals surface area contributed by atoms with Gasteiger partial charge in [-0.05, 0) is 24.1 Å². The number of nitrogens with zero attached hydrogens (tertiary/aromatic N) is 2. The predicted molar refractivity (Wildman–Crippen MR) is 67.6 cm³/mol. The first-order chi connectivity index (χ1) is 9.12. The van der Waals surface area contributed by atoms with Gasteiger partial charge in [0.25, 0.3) is 0 Å². The molecule has 2 rings (SSSR count). The molecule has 0 aliphatic heterocycles. The Labute approximate surface area is 110 Å². The molecular weight excluding hydrogens is 268 g/mol. The van der Waals surface area contributed by atoms with Crippen LogP contribution in [-0.2, 0) is 23.0 Å². The number of aliphatic hydroxyl groups excluding tert-OH is 1. The Hall–Kier alpha value is -1.77. The van der Waals surface area contributed by atoms with Gasteiger partial charge in [0.2, 0.25) is 10.0 Å². The number of hydrogen-bond donors (Lipinski definition) is 3. The van der Waals surface area contributed by atoms with Gasteiger partial charge in [-0.25, -0.2) is 18.1 Å². The van der Waals surface area contributed by atoms with Gasteiger partial charge in [0, 0.05) is 6.61 Å². The normalized spacial score (nSPS) is 11.6. The molecule has 2 aromatic rings. The molecule has 3 N–H and O–H groups in total. The number of aliphatic hydroxyl groups is 1. The van der Waals surface area contributed by atoms with Gasteiger partial charge in [-0.2, -0.15) is 5.10 Å². The molecule has 0 fully saturated rings. The van der Waals surface area contributed by atoms with Crippen molar-refractivity contribution >= 4 is 10.0 Å². The van der Waals surface area contributed by atoms with E-state index in [0.717, 1.165) is 5.56 Å². The zero-order chi connectivity index (χ0) is 13.7. The molecule has 0 atom stereocenters. The minimum atomic E-state index is -3.57. The van der Waals surface area contributed by atoms with E-state index in [2.05, 4.69) is 19.9 Å². The van der Waals surface area contributed by atoms with E-state index in [1.54, 1.807) is 12.1 Å². The Balaban J connectivity index is 2.06. The minimum absolute atomic E-state index is 0.0375. The Kier molecular flexibility index (Phi) is 4.25. The average Bonchev–Trinajstić information content (AvgIpc) is 2.91. The molecule has 8 heteroatoms. The molecule has 0 saturated carbocycles. The summed E-state index contributed by atoms with van der Waals surface area (Å²) in [7, 11) is -3.57. The Morgan fingerprint density at radius 3 is 2.58 bits per heavy atom. The molecule has 102 valence electrons. The molecule has 0 radical (unpaired) electrons. The van der Waals surface area contributed by atoms with Crippen molar-refractivity contribution in [3.05, 3.63) is 42.0 Å². The summed E-state index contributed by atoms with van der Waals surface area (Å²) in [5.74, 6) is 0.445. The van der Waals surface area contributed by atoms with E-state index in [0.29, 0.717) is 12.2 Å². The van der Waals surface area contributed by atoms with Crippen LogP contribution in [0.1, 0.15) is 11.4 Å². The summed E-state index contributed by atoms with van der Waals surface area (Å²) in [6.45, 7) is 0.0938. The highest BCUT2D eigenvalue weighted by Gasteiger charge is 2.13. The summed E-state index contributed by atoms with van der Waals surface area (Å²) in [6.07, 6.45) is 1.82. The predicted octanol–water partition coefficient (Wildman–Crippen LogP) is -0.182. The van der Waals surface area contributed by atoms with Crippen LogP contribution >= 0.6 is 0 Å². The number of aromatic amines is 1. The summed E-state index contributed by atoms with van der Waals surface area (Å²) >= 11 is 0. The summed E-state index contributed by atoms with van der Waals surface area (Å²) in [4.78, 5) is 4.00. The highest BCUT2D eigenvalue weighted by atomic mass is 32.2. The molecule has 0 aliphatic carbocycles. The van der Waals surface area contributed by atoms with Crippen LogP contribution in [0.5, 0.6) is 0 Å². The molecule has 0 aliphatic rings. The first-order valence-electron chi connectivity index (χ1n) is 5.65. The van der Waals surface area contributed by atoms with Crippen molar-refractivity contribution in [1.82, 2.24) is 19.9 Å². The van der Waals surface area contributed by atoms with Crippen LogP contribution in [0.15, 0.2) is 35.5 Å². The number of sulfonamides is 1. The van der Waals surface area contributed by atoms with Crippen molar-refractivity contribution in [1.29, 1.82) is 0 Å². The van der Waals surface area contributed by atoms with E-state index in [1.807, 2.05) is 0 Å². The van der Waals surface area contributed by atoms with Crippen molar-refractivity contribution in [3.8, 4) is 0 Å². The van der Waals surface area contributed by atoms with Crippen LogP contribution < -0.4 is 4.72 Å². The molecule has 0 unspecified atom stereocenters. The summed E-state index contributed by atoms with van der Waals surface area (Å²) in [5.41, 5.74) is 0.886. The third kappa shape index (κ3) is 3.60. The minimum Gasteiger partial charge on any atom is -0.396 e. The van der Waals surface area contributed by atoms with Crippen LogP contribution in [-0.4, -0.2) is 35.3 Å². The van der Waals surface area contributed by atoms with Gasteiger partial charge in [-0.1, -0.05) is 12.1 Å². The second kappa shape index (κ2) is 5.91. The van der Waals surface area contributed by atoms with E-state index in [1.165, 1.54) is 18.5 Å². The van der Waals surface area contributed by atoms with E-state index in [9.17, 15) is 8.42 Å². The SMILES string of the molecule is O=S(=O)(NCc1ncn[nH]1)c1ccc(CCO)cc1. The number of benzene rings is 1. The molecular formula is C11H14N4O3S. The van der Waals surface area contributed by atoms with Gasteiger partial charge in [0.1, 0.15) is 12.2 Å². The third-order valence-electron chi connectivity index (χ3n) is 2.53. The van der Waals surface area contributed by atoms with E-state index in [4.69, 9.17) is 5.11 Å². The van der Waals surface area contributed by atoms with Gasteiger partial charge >= 0.3 is 0 Å². The zero-order valence-corrected chi connectivity index (χ0v) is 10.9. The molecule has 0 amide bonds. The molecule has 1 aromatic heterocycles. The fraction of sp³-hybridized carbons (Fsp3) is 0.273. The first-order valence-corrected chi connectivity index (χ1v) is 7.14. The lowest BCUT2D eigenvalue weighted by atomic mass is 10.2. The largest absolute Gasteiger partial charge is 0.396 e. The smallest absolute Gasteiger partial charge is 0.240 e. The zero-order valence-electron chi connectivity index (χ0n) is 10.1.